The third-order valence-corrected chi connectivity index (χ3v) is 11.4. The third kappa shape index (κ3) is 6.97. The highest BCUT2D eigenvalue weighted by atomic mass is 32.2. The Bertz CT molecular complexity index is 1920. The number of carbonyl (C=O) groups excluding carboxylic acids is 3. The van der Waals surface area contributed by atoms with Crippen molar-refractivity contribution < 1.29 is 37.0 Å². The van der Waals surface area contributed by atoms with Gasteiger partial charge in [0.1, 0.15) is 35.0 Å². The van der Waals surface area contributed by atoms with Crippen molar-refractivity contribution in [2.75, 3.05) is 26.1 Å². The largest absolute Gasteiger partial charge is 0.497 e. The molecule has 3 aliphatic rings. The molecule has 0 radical (unpaired) electrons. The van der Waals surface area contributed by atoms with Crippen molar-refractivity contribution in [2.45, 2.75) is 68.5 Å². The summed E-state index contributed by atoms with van der Waals surface area (Å²) in [5, 5.41) is 6.58. The molecule has 3 heterocycles. The molecule has 2 aromatic heterocycles. The minimum absolute atomic E-state index is 0.0846. The Kier molecular flexibility index (Phi) is 9.73. The summed E-state index contributed by atoms with van der Waals surface area (Å²) in [5.41, 5.74) is -1.38. The lowest BCUT2D eigenvalue weighted by molar-refractivity contribution is -0.136. The van der Waals surface area contributed by atoms with E-state index in [0.717, 1.165) is 10.8 Å². The van der Waals surface area contributed by atoms with Crippen LogP contribution in [0.4, 0.5) is 5.82 Å². The molecule has 6 rings (SSSR count). The molecule has 1 unspecified atom stereocenters. The van der Waals surface area contributed by atoms with E-state index in [1.165, 1.54) is 7.11 Å². The zero-order chi connectivity index (χ0) is 35.8. The fourth-order valence-electron chi connectivity index (χ4n) is 6.63. The molecule has 3 aromatic rings. The fraction of sp³-hybridized carbons (Fsp3) is 0.457. The van der Waals surface area contributed by atoms with E-state index in [4.69, 9.17) is 14.2 Å². The number of hydrogen-bond donors (Lipinski definition) is 3. The van der Waals surface area contributed by atoms with E-state index in [1.807, 2.05) is 32.0 Å². The highest BCUT2D eigenvalue weighted by Gasteiger charge is 2.67. The number of anilines is 1. The first-order chi connectivity index (χ1) is 23.9. The predicted molar refractivity (Wildman–Crippen MR) is 185 cm³/mol. The van der Waals surface area contributed by atoms with E-state index in [2.05, 4.69) is 31.9 Å². The van der Waals surface area contributed by atoms with Crippen LogP contribution < -0.4 is 29.6 Å². The second kappa shape index (κ2) is 13.9. The topological polar surface area (TPSA) is 178 Å². The Hall–Kier alpha value is -4.76. The summed E-state index contributed by atoms with van der Waals surface area (Å²) in [6, 6.07) is 8.74. The maximum atomic E-state index is 14.1. The monoisotopic (exact) mass is 706 g/mol. The molecule has 3 N–H and O–H groups in total. The second-order valence-corrected chi connectivity index (χ2v) is 15.3. The van der Waals surface area contributed by atoms with Gasteiger partial charge in [-0.25, -0.2) is 18.4 Å². The van der Waals surface area contributed by atoms with E-state index in [-0.39, 0.29) is 25.3 Å². The van der Waals surface area contributed by atoms with Crippen LogP contribution in [0, 0.1) is 11.8 Å². The highest BCUT2D eigenvalue weighted by Crippen LogP contribution is 2.53. The number of hydrogen-bond acceptors (Lipinski definition) is 12. The number of methoxy groups -OCH3 is 2. The number of nitrogens with zero attached hydrogens (tertiary/aromatic N) is 3. The van der Waals surface area contributed by atoms with E-state index < -0.39 is 62.6 Å². The first-order valence-corrected chi connectivity index (χ1v) is 18.1. The van der Waals surface area contributed by atoms with E-state index >= 15 is 0 Å². The molecule has 3 amide bonds. The van der Waals surface area contributed by atoms with Gasteiger partial charge in [-0.3, -0.25) is 29.3 Å². The van der Waals surface area contributed by atoms with Crippen LogP contribution >= 0.6 is 0 Å². The summed E-state index contributed by atoms with van der Waals surface area (Å²) < 4.78 is 45.1. The number of benzene rings is 1. The minimum atomic E-state index is -3.88. The predicted octanol–water partition coefficient (Wildman–Crippen LogP) is 2.80. The molecular formula is C35H42N6O8S. The fourth-order valence-corrected chi connectivity index (χ4v) is 7.99. The minimum Gasteiger partial charge on any atom is -0.497 e. The third-order valence-electron chi connectivity index (χ3n) is 9.62. The van der Waals surface area contributed by atoms with Crippen LogP contribution in [0.5, 0.6) is 17.4 Å². The first kappa shape index (κ1) is 35.1. The lowest BCUT2D eigenvalue weighted by Crippen LogP contribution is -2.58. The van der Waals surface area contributed by atoms with Crippen LogP contribution in [0.2, 0.25) is 0 Å². The van der Waals surface area contributed by atoms with Crippen molar-refractivity contribution in [2.24, 2.45) is 11.8 Å². The van der Waals surface area contributed by atoms with Crippen LogP contribution in [-0.4, -0.2) is 90.7 Å². The molecule has 2 aliphatic carbocycles. The Balaban J connectivity index is 1.28. The van der Waals surface area contributed by atoms with Gasteiger partial charge in [0.15, 0.2) is 0 Å². The molecule has 5 atom stereocenters. The smallest absolute Gasteiger partial charge is 0.254 e. The zero-order valence-corrected chi connectivity index (χ0v) is 29.2. The zero-order valence-electron chi connectivity index (χ0n) is 28.4. The summed E-state index contributed by atoms with van der Waals surface area (Å²) >= 11 is 0. The molecule has 0 spiro atoms. The van der Waals surface area contributed by atoms with Gasteiger partial charge in [0, 0.05) is 42.7 Å². The number of likely N-dealkylation sites (tertiary alicyclic amines) is 1. The van der Waals surface area contributed by atoms with Crippen molar-refractivity contribution in [1.29, 1.82) is 0 Å². The number of nitrogens with one attached hydrogen (secondary N) is 3. The average Bonchev–Trinajstić information content (AvgIpc) is 4.03. The average molecular weight is 707 g/mol. The lowest BCUT2D eigenvalue weighted by Gasteiger charge is -2.32. The normalized spacial score (nSPS) is 23.9. The van der Waals surface area contributed by atoms with Crippen LogP contribution in [-0.2, 0) is 24.4 Å². The summed E-state index contributed by atoms with van der Waals surface area (Å²) in [5.74, 6) is -0.714. The Morgan fingerprint density at radius 1 is 1.04 bits per heavy atom. The maximum absolute atomic E-state index is 14.1. The molecule has 0 bridgehead atoms. The number of pyridine rings is 2. The summed E-state index contributed by atoms with van der Waals surface area (Å²) in [6.07, 6.45) is 5.40. The maximum Gasteiger partial charge on any atom is 0.254 e. The van der Waals surface area contributed by atoms with Gasteiger partial charge in [0.05, 0.1) is 25.5 Å². The molecule has 266 valence electrons. The Morgan fingerprint density at radius 2 is 1.76 bits per heavy atom. The number of rotatable bonds is 14. The molecule has 3 fully saturated rings. The van der Waals surface area contributed by atoms with E-state index in [0.29, 0.717) is 36.0 Å². The van der Waals surface area contributed by atoms with Crippen LogP contribution in [0.25, 0.3) is 10.8 Å². The number of ether oxygens (including phenoxy) is 3. The van der Waals surface area contributed by atoms with Crippen molar-refractivity contribution in [1.82, 2.24) is 24.9 Å². The number of sulfonamides is 1. The summed E-state index contributed by atoms with van der Waals surface area (Å²) in [6.45, 7) is 7.63. The number of aromatic nitrogens is 2. The van der Waals surface area contributed by atoms with Crippen LogP contribution in [0.1, 0.15) is 39.5 Å². The van der Waals surface area contributed by atoms with Gasteiger partial charge in [-0.2, -0.15) is 0 Å². The number of imide groups is 1. The van der Waals surface area contributed by atoms with Crippen LogP contribution in [0.3, 0.4) is 0 Å². The van der Waals surface area contributed by atoms with Gasteiger partial charge in [0.2, 0.25) is 27.7 Å². The molecule has 1 saturated heterocycles. The Morgan fingerprint density at radius 3 is 2.42 bits per heavy atom. The lowest BCUT2D eigenvalue weighted by atomic mass is 10.0. The van der Waals surface area contributed by atoms with Gasteiger partial charge < -0.3 is 19.5 Å². The quantitative estimate of drug-likeness (QED) is 0.209. The van der Waals surface area contributed by atoms with Crippen LogP contribution in [0.15, 0.2) is 61.4 Å². The Labute approximate surface area is 291 Å². The first-order valence-electron chi connectivity index (χ1n) is 16.6. The molecule has 1 aliphatic heterocycles. The van der Waals surface area contributed by atoms with Gasteiger partial charge in [-0.1, -0.05) is 19.9 Å². The van der Waals surface area contributed by atoms with Gasteiger partial charge in [0.25, 0.3) is 5.91 Å². The number of carbonyl (C=O) groups is 3. The molecule has 14 nitrogen and oxygen atoms in total. The van der Waals surface area contributed by atoms with E-state index in [9.17, 15) is 22.8 Å². The summed E-state index contributed by atoms with van der Waals surface area (Å²) in [7, 11) is -0.786. The molecule has 1 aromatic carbocycles. The summed E-state index contributed by atoms with van der Waals surface area (Å²) in [4.78, 5) is 52.1. The molecule has 15 heteroatoms. The highest BCUT2D eigenvalue weighted by molar-refractivity contribution is 7.91. The van der Waals surface area contributed by atoms with Gasteiger partial charge in [-0.15, -0.1) is 6.58 Å². The van der Waals surface area contributed by atoms with Crippen molar-refractivity contribution >= 4 is 44.3 Å². The van der Waals surface area contributed by atoms with Crippen molar-refractivity contribution in [3.05, 3.63) is 61.4 Å². The second-order valence-electron chi connectivity index (χ2n) is 13.3. The number of fused-ring (bicyclic) bond motifs is 1. The van der Waals surface area contributed by atoms with Gasteiger partial charge >= 0.3 is 0 Å². The SMILES string of the molecule is C=C[C@@H]1C[C@@]1(C(=O)NS(=O)(=O)C1CC1)N1C[C@H](Oc2nccc3cc(OC)ccc23)C[C@H]1C(=O)NC(=O)C(Nc1cc(OC)ccn1)C(C)C. The van der Waals surface area contributed by atoms with Crippen molar-refractivity contribution in [3.63, 3.8) is 0 Å². The van der Waals surface area contributed by atoms with Crippen molar-refractivity contribution in [3.8, 4) is 17.4 Å². The molecule has 2 saturated carbocycles. The molecular weight excluding hydrogens is 664 g/mol. The molecule has 50 heavy (non-hydrogen) atoms. The van der Waals surface area contributed by atoms with Gasteiger partial charge in [-0.05, 0) is 60.9 Å². The number of amides is 3. The van der Waals surface area contributed by atoms with E-state index in [1.54, 1.807) is 48.7 Å². The standard InChI is InChI=1S/C35H42N6O8S/c1-6-22-18-35(22,34(44)40-50(45,46)26-8-9-26)41-19-25(49-33-27-10-7-23(47-4)15-21(27)11-13-37-33)16-28(41)31(42)39-32(43)30(20(2)3)38-29-17-24(48-5)12-14-36-29/h6-7,10-15,17,20,22,25-26,28,30H,1,8-9,16,18-19H2,2-5H3,(H,36,38)(H,40,44)(H,39,42,43)/t22-,25-,28+,30?,35-/m1/s1.